The number of thioether (sulfide) groups is 1. The third kappa shape index (κ3) is 4.46. The second-order valence-corrected chi connectivity index (χ2v) is 7.06. The Labute approximate surface area is 151 Å². The molecule has 0 fully saturated rings. The van der Waals surface area contributed by atoms with E-state index in [0.29, 0.717) is 18.7 Å². The van der Waals surface area contributed by atoms with Crippen LogP contribution in [0.4, 0.5) is 0 Å². The first-order valence-electron chi connectivity index (χ1n) is 8.24. The predicted octanol–water partition coefficient (Wildman–Crippen LogP) is 2.83. The van der Waals surface area contributed by atoms with Crippen LogP contribution in [-0.2, 0) is 18.3 Å². The highest BCUT2D eigenvalue weighted by molar-refractivity contribution is 8.00. The number of furan rings is 1. The van der Waals surface area contributed by atoms with Gasteiger partial charge < -0.3 is 19.4 Å². The van der Waals surface area contributed by atoms with Gasteiger partial charge in [-0.2, -0.15) is 0 Å². The van der Waals surface area contributed by atoms with Gasteiger partial charge in [0.1, 0.15) is 5.76 Å². The van der Waals surface area contributed by atoms with Crippen molar-refractivity contribution >= 4 is 28.6 Å². The first-order valence-corrected chi connectivity index (χ1v) is 9.22. The maximum absolute atomic E-state index is 12.1. The molecule has 0 aliphatic carbocycles. The molecule has 0 bridgehead atoms. The highest BCUT2D eigenvalue weighted by Gasteiger charge is 2.13. The lowest BCUT2D eigenvalue weighted by atomic mass is 10.1. The van der Waals surface area contributed by atoms with Crippen LogP contribution < -0.4 is 5.32 Å². The third-order valence-electron chi connectivity index (χ3n) is 4.14. The maximum atomic E-state index is 12.1. The summed E-state index contributed by atoms with van der Waals surface area (Å²) in [6.45, 7) is 0.448. The molecule has 0 spiro atoms. The number of carbonyl (C=O) groups excluding carboxylic acids is 1. The van der Waals surface area contributed by atoms with Gasteiger partial charge in [0.2, 0.25) is 5.91 Å². The smallest absolute Gasteiger partial charge is 0.230 e. The molecule has 1 amide bonds. The van der Waals surface area contributed by atoms with Crippen molar-refractivity contribution in [3.8, 4) is 0 Å². The molecule has 5 nitrogen and oxygen atoms in total. The molecular formula is C19H22N2O3S. The van der Waals surface area contributed by atoms with Gasteiger partial charge in [-0.05, 0) is 18.2 Å². The van der Waals surface area contributed by atoms with E-state index in [1.807, 2.05) is 31.3 Å². The quantitative estimate of drug-likeness (QED) is 0.608. The van der Waals surface area contributed by atoms with Crippen molar-refractivity contribution in [1.82, 2.24) is 9.88 Å². The molecule has 2 N–H and O–H groups in total. The molecule has 6 heteroatoms. The minimum atomic E-state index is -0.0438. The minimum Gasteiger partial charge on any atom is -0.469 e. The summed E-state index contributed by atoms with van der Waals surface area (Å²) in [6, 6.07) is 11.9. The van der Waals surface area contributed by atoms with Crippen molar-refractivity contribution in [2.45, 2.75) is 11.3 Å². The van der Waals surface area contributed by atoms with Gasteiger partial charge in [-0.15, -0.1) is 11.8 Å². The fourth-order valence-corrected chi connectivity index (χ4v) is 3.74. The molecule has 3 rings (SSSR count). The van der Waals surface area contributed by atoms with Crippen molar-refractivity contribution < 1.29 is 14.3 Å². The van der Waals surface area contributed by atoms with Crippen LogP contribution in [0.2, 0.25) is 0 Å². The van der Waals surface area contributed by atoms with Gasteiger partial charge in [-0.3, -0.25) is 4.79 Å². The molecule has 0 aliphatic rings. The summed E-state index contributed by atoms with van der Waals surface area (Å²) in [7, 11) is 2.01. The Morgan fingerprint density at radius 1 is 1.32 bits per heavy atom. The van der Waals surface area contributed by atoms with Gasteiger partial charge in [0.05, 0.1) is 12.0 Å². The summed E-state index contributed by atoms with van der Waals surface area (Å²) in [5, 5.41) is 13.5. The number of rotatable bonds is 8. The van der Waals surface area contributed by atoms with E-state index in [-0.39, 0.29) is 18.4 Å². The zero-order valence-electron chi connectivity index (χ0n) is 14.1. The van der Waals surface area contributed by atoms with Crippen LogP contribution >= 0.6 is 11.8 Å². The lowest BCUT2D eigenvalue weighted by Crippen LogP contribution is -2.32. The number of aliphatic hydroxyl groups excluding tert-OH is 1. The second kappa shape index (κ2) is 8.27. The van der Waals surface area contributed by atoms with Gasteiger partial charge in [-0.1, -0.05) is 18.2 Å². The molecule has 0 unspecified atom stereocenters. The number of carbonyl (C=O) groups is 1. The van der Waals surface area contributed by atoms with E-state index in [9.17, 15) is 9.90 Å². The van der Waals surface area contributed by atoms with Gasteiger partial charge in [0.15, 0.2) is 0 Å². The van der Waals surface area contributed by atoms with Gasteiger partial charge >= 0.3 is 0 Å². The largest absolute Gasteiger partial charge is 0.469 e. The number of amides is 1. The molecule has 2 heterocycles. The van der Waals surface area contributed by atoms with Crippen LogP contribution in [0.1, 0.15) is 5.76 Å². The second-order valence-electron chi connectivity index (χ2n) is 6.05. The van der Waals surface area contributed by atoms with Crippen molar-refractivity contribution in [3.63, 3.8) is 0 Å². The van der Waals surface area contributed by atoms with E-state index in [2.05, 4.69) is 28.2 Å². The summed E-state index contributed by atoms with van der Waals surface area (Å²) in [5.41, 5.74) is 1.16. The maximum Gasteiger partial charge on any atom is 0.230 e. The average molecular weight is 358 g/mol. The number of fused-ring (bicyclic) bond motifs is 1. The molecule has 1 aromatic carbocycles. The summed E-state index contributed by atoms with van der Waals surface area (Å²) >= 11 is 1.53. The van der Waals surface area contributed by atoms with E-state index >= 15 is 0 Å². The molecule has 132 valence electrons. The van der Waals surface area contributed by atoms with Gasteiger partial charge in [0, 0.05) is 54.5 Å². The number of aromatic nitrogens is 1. The molecule has 25 heavy (non-hydrogen) atoms. The van der Waals surface area contributed by atoms with Crippen molar-refractivity contribution in [2.24, 2.45) is 13.0 Å². The molecule has 0 saturated heterocycles. The summed E-state index contributed by atoms with van der Waals surface area (Å²) in [5.74, 6) is 1.10. The Morgan fingerprint density at radius 2 is 2.16 bits per heavy atom. The van der Waals surface area contributed by atoms with Gasteiger partial charge in [0.25, 0.3) is 0 Å². The van der Waals surface area contributed by atoms with Crippen molar-refractivity contribution in [1.29, 1.82) is 0 Å². The first kappa shape index (κ1) is 17.6. The van der Waals surface area contributed by atoms with Gasteiger partial charge in [-0.25, -0.2) is 0 Å². The summed E-state index contributed by atoms with van der Waals surface area (Å²) in [4.78, 5) is 13.2. The topological polar surface area (TPSA) is 67.4 Å². The highest BCUT2D eigenvalue weighted by atomic mass is 32.2. The highest BCUT2D eigenvalue weighted by Crippen LogP contribution is 2.29. The summed E-state index contributed by atoms with van der Waals surface area (Å²) in [6.07, 6.45) is 4.28. The molecule has 0 saturated carbocycles. The Hall–Kier alpha value is -2.18. The van der Waals surface area contributed by atoms with E-state index in [0.717, 1.165) is 21.6 Å². The standard InChI is InChI=1S/C19H22N2O3S/c1-21-11-18(16-6-2-3-7-17(16)21)25-13-19(23)20-10-14(12-22)9-15-5-4-8-24-15/h2-8,11,14,22H,9-10,12-13H2,1H3,(H,20,23)/t14-/m1/s1. The molecule has 3 aromatic rings. The van der Waals surface area contributed by atoms with Crippen LogP contribution in [-0.4, -0.2) is 34.5 Å². The van der Waals surface area contributed by atoms with Crippen LogP contribution in [0, 0.1) is 5.92 Å². The molecule has 1 atom stereocenters. The molecule has 0 radical (unpaired) electrons. The molecular weight excluding hydrogens is 336 g/mol. The van der Waals surface area contributed by atoms with Crippen molar-refractivity contribution in [3.05, 3.63) is 54.6 Å². The van der Waals surface area contributed by atoms with E-state index in [1.54, 1.807) is 6.26 Å². The van der Waals surface area contributed by atoms with Crippen LogP contribution in [0.5, 0.6) is 0 Å². The number of hydrogen-bond donors (Lipinski definition) is 2. The number of aliphatic hydroxyl groups is 1. The zero-order valence-corrected chi connectivity index (χ0v) is 15.0. The number of para-hydroxylation sites is 1. The van der Waals surface area contributed by atoms with Crippen LogP contribution in [0.15, 0.2) is 58.2 Å². The number of hydrogen-bond acceptors (Lipinski definition) is 4. The lowest BCUT2D eigenvalue weighted by molar-refractivity contribution is -0.118. The van der Waals surface area contributed by atoms with Crippen LogP contribution in [0.25, 0.3) is 10.9 Å². The number of nitrogens with zero attached hydrogens (tertiary/aromatic N) is 1. The van der Waals surface area contributed by atoms with E-state index in [4.69, 9.17) is 4.42 Å². The van der Waals surface area contributed by atoms with E-state index < -0.39 is 0 Å². The minimum absolute atomic E-state index is 0.0114. The Kier molecular flexibility index (Phi) is 5.83. The molecule has 0 aliphatic heterocycles. The fourth-order valence-electron chi connectivity index (χ4n) is 2.79. The Balaban J connectivity index is 1.50. The number of nitrogens with one attached hydrogen (secondary N) is 1. The SMILES string of the molecule is Cn1cc(SCC(=O)NC[C@H](CO)Cc2ccco2)c2ccccc21. The number of aryl methyl sites for hydroxylation is 1. The van der Waals surface area contributed by atoms with Crippen LogP contribution in [0.3, 0.4) is 0 Å². The first-order chi connectivity index (χ1) is 12.2. The predicted molar refractivity (Wildman–Crippen MR) is 99.6 cm³/mol. The Bertz CT molecular complexity index is 826. The average Bonchev–Trinajstić information content (AvgIpc) is 3.25. The lowest BCUT2D eigenvalue weighted by Gasteiger charge is -2.13. The molecule has 2 aromatic heterocycles. The summed E-state index contributed by atoms with van der Waals surface area (Å²) < 4.78 is 7.36. The monoisotopic (exact) mass is 358 g/mol. The van der Waals surface area contributed by atoms with E-state index in [1.165, 1.54) is 11.8 Å². The van der Waals surface area contributed by atoms with Crippen molar-refractivity contribution in [2.75, 3.05) is 18.9 Å². The Morgan fingerprint density at radius 3 is 2.92 bits per heavy atom. The third-order valence-corrected chi connectivity index (χ3v) is 5.18. The fraction of sp³-hybridized carbons (Fsp3) is 0.316. The normalized spacial score (nSPS) is 12.4. The zero-order chi connectivity index (χ0) is 17.6. The number of benzene rings is 1.